The van der Waals surface area contributed by atoms with Gasteiger partial charge in [-0.15, -0.1) is 0 Å². The van der Waals surface area contributed by atoms with Gasteiger partial charge in [-0.25, -0.2) is 0 Å². The summed E-state index contributed by atoms with van der Waals surface area (Å²) in [6.07, 6.45) is 9.62. The molecule has 112 valence electrons. The van der Waals surface area contributed by atoms with Crippen LogP contribution in [-0.2, 0) is 6.42 Å². The molecule has 0 aromatic heterocycles. The molecule has 2 heteroatoms. The van der Waals surface area contributed by atoms with Gasteiger partial charge in [0.1, 0.15) is 5.75 Å². The Kier molecular flexibility index (Phi) is 6.38. The van der Waals surface area contributed by atoms with Gasteiger partial charge in [-0.3, -0.25) is 0 Å². The Labute approximate surface area is 123 Å². The monoisotopic (exact) mass is 275 g/mol. The van der Waals surface area contributed by atoms with E-state index in [0.717, 1.165) is 24.6 Å². The molecule has 1 N–H and O–H groups in total. The third-order valence-corrected chi connectivity index (χ3v) is 4.49. The van der Waals surface area contributed by atoms with Gasteiger partial charge >= 0.3 is 0 Å². The van der Waals surface area contributed by atoms with Gasteiger partial charge in [0.05, 0.1) is 7.11 Å². The Balaban J connectivity index is 1.70. The lowest BCUT2D eigenvalue weighted by molar-refractivity contribution is 0.328. The third-order valence-electron chi connectivity index (χ3n) is 4.49. The molecule has 1 saturated carbocycles. The van der Waals surface area contributed by atoms with E-state index in [-0.39, 0.29) is 0 Å². The van der Waals surface area contributed by atoms with E-state index in [1.54, 1.807) is 7.11 Å². The highest BCUT2D eigenvalue weighted by atomic mass is 16.5. The lowest BCUT2D eigenvalue weighted by Crippen LogP contribution is -2.30. The van der Waals surface area contributed by atoms with Gasteiger partial charge in [0.25, 0.3) is 0 Å². The lowest BCUT2D eigenvalue weighted by Gasteiger charge is -2.23. The van der Waals surface area contributed by atoms with E-state index in [2.05, 4.69) is 24.4 Å². The highest BCUT2D eigenvalue weighted by molar-refractivity contribution is 5.33. The van der Waals surface area contributed by atoms with Crippen molar-refractivity contribution in [2.24, 2.45) is 5.92 Å². The minimum Gasteiger partial charge on any atom is -0.496 e. The number of benzene rings is 1. The molecule has 1 aromatic rings. The minimum atomic E-state index is 0.509. The van der Waals surface area contributed by atoms with Crippen LogP contribution >= 0.6 is 0 Å². The van der Waals surface area contributed by atoms with E-state index in [1.807, 2.05) is 12.1 Å². The smallest absolute Gasteiger partial charge is 0.122 e. The van der Waals surface area contributed by atoms with Crippen molar-refractivity contribution in [2.45, 2.75) is 57.9 Å². The molecule has 20 heavy (non-hydrogen) atoms. The average Bonchev–Trinajstić information content (AvgIpc) is 2.49. The average molecular weight is 275 g/mol. The molecule has 2 nitrogen and oxygen atoms in total. The van der Waals surface area contributed by atoms with Gasteiger partial charge < -0.3 is 10.1 Å². The Hall–Kier alpha value is -1.02. The normalized spacial score (nSPS) is 17.9. The number of hydrogen-bond donors (Lipinski definition) is 1. The Morgan fingerprint density at radius 2 is 1.95 bits per heavy atom. The minimum absolute atomic E-state index is 0.509. The van der Waals surface area contributed by atoms with E-state index in [0.29, 0.717) is 6.04 Å². The summed E-state index contributed by atoms with van der Waals surface area (Å²) in [7, 11) is 1.75. The van der Waals surface area contributed by atoms with Crippen molar-refractivity contribution in [1.82, 2.24) is 5.32 Å². The zero-order valence-corrected chi connectivity index (χ0v) is 13.0. The third kappa shape index (κ3) is 4.82. The second-order valence-corrected chi connectivity index (χ2v) is 6.16. The van der Waals surface area contributed by atoms with E-state index in [1.165, 1.54) is 44.1 Å². The fourth-order valence-corrected chi connectivity index (χ4v) is 3.28. The van der Waals surface area contributed by atoms with E-state index >= 15 is 0 Å². The summed E-state index contributed by atoms with van der Waals surface area (Å²) in [5, 5.41) is 3.67. The van der Waals surface area contributed by atoms with Crippen LogP contribution in [0.15, 0.2) is 24.3 Å². The summed E-state index contributed by atoms with van der Waals surface area (Å²) in [6, 6.07) is 8.84. The van der Waals surface area contributed by atoms with Crippen molar-refractivity contribution in [3.8, 4) is 5.75 Å². The molecule has 1 atom stereocenters. The maximum Gasteiger partial charge on any atom is 0.122 e. The number of rotatable bonds is 7. The largest absolute Gasteiger partial charge is 0.496 e. The summed E-state index contributed by atoms with van der Waals surface area (Å²) in [5.41, 5.74) is 1.30. The molecule has 2 rings (SSSR count). The first-order chi connectivity index (χ1) is 9.79. The van der Waals surface area contributed by atoms with Crippen molar-refractivity contribution in [2.75, 3.05) is 13.7 Å². The van der Waals surface area contributed by atoms with Gasteiger partial charge in [0.15, 0.2) is 0 Å². The van der Waals surface area contributed by atoms with Crippen molar-refractivity contribution < 1.29 is 4.74 Å². The Morgan fingerprint density at radius 1 is 1.20 bits per heavy atom. The van der Waals surface area contributed by atoms with Gasteiger partial charge in [-0.2, -0.15) is 0 Å². The van der Waals surface area contributed by atoms with Crippen molar-refractivity contribution >= 4 is 0 Å². The summed E-state index contributed by atoms with van der Waals surface area (Å²) in [5.74, 6) is 1.98. The maximum absolute atomic E-state index is 5.42. The lowest BCUT2D eigenvalue weighted by atomic mass is 9.87. The molecule has 0 bridgehead atoms. The number of ether oxygens (including phenoxy) is 1. The van der Waals surface area contributed by atoms with E-state index in [9.17, 15) is 0 Å². The fourth-order valence-electron chi connectivity index (χ4n) is 3.28. The second-order valence-electron chi connectivity index (χ2n) is 6.16. The predicted molar refractivity (Wildman–Crippen MR) is 85.4 cm³/mol. The maximum atomic E-state index is 5.42. The highest BCUT2D eigenvalue weighted by Crippen LogP contribution is 2.26. The van der Waals surface area contributed by atoms with Crippen molar-refractivity contribution in [3.63, 3.8) is 0 Å². The molecule has 0 spiro atoms. The summed E-state index contributed by atoms with van der Waals surface area (Å²) in [4.78, 5) is 0. The Morgan fingerprint density at radius 3 is 2.70 bits per heavy atom. The van der Waals surface area contributed by atoms with Crippen LogP contribution in [0.2, 0.25) is 0 Å². The second kappa shape index (κ2) is 8.31. The van der Waals surface area contributed by atoms with Crippen molar-refractivity contribution in [3.05, 3.63) is 29.8 Å². The van der Waals surface area contributed by atoms with Gasteiger partial charge in [0, 0.05) is 6.04 Å². The molecule has 1 fully saturated rings. The fraction of sp³-hybridized carbons (Fsp3) is 0.667. The molecular formula is C18H29NO. The number of hydrogen-bond acceptors (Lipinski definition) is 2. The summed E-state index contributed by atoms with van der Waals surface area (Å²) >= 11 is 0. The molecule has 0 amide bonds. The first-order valence-corrected chi connectivity index (χ1v) is 8.15. The van der Waals surface area contributed by atoms with E-state index in [4.69, 9.17) is 4.74 Å². The van der Waals surface area contributed by atoms with Crippen LogP contribution in [0.25, 0.3) is 0 Å². The van der Waals surface area contributed by atoms with Gasteiger partial charge in [0.2, 0.25) is 0 Å². The van der Waals surface area contributed by atoms with Crippen LogP contribution in [0.1, 0.15) is 51.0 Å². The molecule has 0 radical (unpaired) electrons. The number of nitrogens with one attached hydrogen (secondary N) is 1. The predicted octanol–water partition coefficient (Wildman–Crippen LogP) is 4.19. The number of methoxy groups -OCH3 is 1. The van der Waals surface area contributed by atoms with E-state index < -0.39 is 0 Å². The molecule has 0 saturated heterocycles. The molecule has 1 unspecified atom stereocenters. The van der Waals surface area contributed by atoms with Gasteiger partial charge in [-0.1, -0.05) is 50.3 Å². The zero-order valence-electron chi connectivity index (χ0n) is 13.0. The van der Waals surface area contributed by atoms with Crippen LogP contribution in [0.3, 0.4) is 0 Å². The SMILES string of the molecule is COc1ccccc1CC(C)NCCC1CCCCC1. The summed E-state index contributed by atoms with van der Waals surface area (Å²) < 4.78 is 5.42. The molecule has 0 aliphatic heterocycles. The quantitative estimate of drug-likeness (QED) is 0.806. The van der Waals surface area contributed by atoms with Crippen molar-refractivity contribution in [1.29, 1.82) is 0 Å². The molecule has 1 aliphatic carbocycles. The molecular weight excluding hydrogens is 246 g/mol. The molecule has 1 aliphatic rings. The first kappa shape index (κ1) is 15.4. The zero-order chi connectivity index (χ0) is 14.2. The van der Waals surface area contributed by atoms with Crippen LogP contribution in [0.5, 0.6) is 5.75 Å². The topological polar surface area (TPSA) is 21.3 Å². The number of para-hydroxylation sites is 1. The van der Waals surface area contributed by atoms with Gasteiger partial charge in [-0.05, 0) is 43.9 Å². The Bertz CT molecular complexity index is 385. The van der Waals surface area contributed by atoms with Crippen LogP contribution < -0.4 is 10.1 Å². The standard InChI is InChI=1S/C18H29NO/c1-15(14-17-10-6-7-11-18(17)20-2)19-13-12-16-8-4-3-5-9-16/h6-7,10-11,15-16,19H,3-5,8-9,12-14H2,1-2H3. The van der Waals surface area contributed by atoms with Crippen LogP contribution in [0, 0.1) is 5.92 Å². The molecule has 0 heterocycles. The summed E-state index contributed by atoms with van der Waals surface area (Å²) in [6.45, 7) is 3.42. The van der Waals surface area contributed by atoms with Crippen LogP contribution in [-0.4, -0.2) is 19.7 Å². The molecule has 1 aromatic carbocycles. The first-order valence-electron chi connectivity index (χ1n) is 8.15. The highest BCUT2D eigenvalue weighted by Gasteiger charge is 2.13. The van der Waals surface area contributed by atoms with Crippen LogP contribution in [0.4, 0.5) is 0 Å².